The van der Waals surface area contributed by atoms with E-state index in [0.717, 1.165) is 46.2 Å². The Kier molecular flexibility index (Phi) is 6.77. The monoisotopic (exact) mass is 504 g/mol. The Hall–Kier alpha value is -4.38. The Labute approximate surface area is 223 Å². The zero-order chi connectivity index (χ0) is 27.0. The van der Waals surface area contributed by atoms with Gasteiger partial charge in [-0.15, -0.1) is 0 Å². The number of nitrogens with zero attached hydrogens (tertiary/aromatic N) is 2. The van der Waals surface area contributed by atoms with E-state index in [1.54, 1.807) is 6.07 Å². The number of aliphatic hydroxyl groups excluding tert-OH is 1. The summed E-state index contributed by atoms with van der Waals surface area (Å²) in [5.41, 5.74) is 5.06. The van der Waals surface area contributed by atoms with Crippen LogP contribution in [0.25, 0.3) is 16.5 Å². The average Bonchev–Trinajstić information content (AvgIpc) is 3.19. The largest absolute Gasteiger partial charge is 0.507 e. The molecule has 1 amide bonds. The minimum atomic E-state index is -0.756. The van der Waals surface area contributed by atoms with E-state index in [9.17, 15) is 14.7 Å². The van der Waals surface area contributed by atoms with Crippen LogP contribution in [0.2, 0.25) is 0 Å². The summed E-state index contributed by atoms with van der Waals surface area (Å²) in [6.07, 6.45) is 0. The molecule has 38 heavy (non-hydrogen) atoms. The molecule has 0 aliphatic carbocycles. The van der Waals surface area contributed by atoms with Crippen LogP contribution < -0.4 is 9.80 Å². The summed E-state index contributed by atoms with van der Waals surface area (Å²) in [5, 5.41) is 13.5. The minimum absolute atomic E-state index is 0.0980. The van der Waals surface area contributed by atoms with Gasteiger partial charge >= 0.3 is 0 Å². The lowest BCUT2D eigenvalue weighted by Gasteiger charge is -2.28. The first-order valence-corrected chi connectivity index (χ1v) is 13.1. The van der Waals surface area contributed by atoms with Crippen LogP contribution in [0.15, 0.2) is 90.5 Å². The quantitative estimate of drug-likeness (QED) is 0.176. The van der Waals surface area contributed by atoms with Crippen molar-refractivity contribution in [3.8, 4) is 0 Å². The van der Waals surface area contributed by atoms with Gasteiger partial charge < -0.3 is 10.0 Å². The van der Waals surface area contributed by atoms with Gasteiger partial charge in [-0.05, 0) is 73.9 Å². The minimum Gasteiger partial charge on any atom is -0.507 e. The lowest BCUT2D eigenvalue weighted by molar-refractivity contribution is -0.132. The molecule has 0 aromatic heterocycles. The summed E-state index contributed by atoms with van der Waals surface area (Å²) < 4.78 is 0. The van der Waals surface area contributed by atoms with Gasteiger partial charge in [-0.25, -0.2) is 0 Å². The van der Waals surface area contributed by atoms with E-state index in [4.69, 9.17) is 0 Å². The maximum atomic E-state index is 13.6. The molecular formula is C33H32N2O3. The van der Waals surface area contributed by atoms with Crippen molar-refractivity contribution in [3.05, 3.63) is 113 Å². The number of anilines is 2. The fraction of sp³-hybridized carbons (Fsp3) is 0.212. The summed E-state index contributed by atoms with van der Waals surface area (Å²) in [6, 6.07) is 26.4. The number of ketones is 1. The second-order valence-electron chi connectivity index (χ2n) is 9.78. The van der Waals surface area contributed by atoms with Crippen molar-refractivity contribution in [1.29, 1.82) is 0 Å². The highest BCUT2D eigenvalue weighted by Crippen LogP contribution is 2.43. The van der Waals surface area contributed by atoms with Crippen molar-refractivity contribution in [2.75, 3.05) is 22.9 Å². The highest BCUT2D eigenvalue weighted by atomic mass is 16.3. The van der Waals surface area contributed by atoms with Crippen LogP contribution in [-0.4, -0.2) is 29.9 Å². The Morgan fingerprint density at radius 1 is 0.842 bits per heavy atom. The zero-order valence-corrected chi connectivity index (χ0v) is 22.2. The molecule has 0 bridgehead atoms. The van der Waals surface area contributed by atoms with Crippen molar-refractivity contribution >= 4 is 39.6 Å². The predicted octanol–water partition coefficient (Wildman–Crippen LogP) is 6.93. The average molecular weight is 505 g/mol. The number of aliphatic hydroxyl groups is 1. The molecule has 5 nitrogen and oxygen atoms in total. The van der Waals surface area contributed by atoms with Gasteiger partial charge in [0.2, 0.25) is 0 Å². The van der Waals surface area contributed by atoms with Gasteiger partial charge in [0.15, 0.2) is 0 Å². The maximum absolute atomic E-state index is 13.6. The van der Waals surface area contributed by atoms with Crippen molar-refractivity contribution in [3.63, 3.8) is 0 Å². The third-order valence-corrected chi connectivity index (χ3v) is 7.42. The van der Waals surface area contributed by atoms with Crippen molar-refractivity contribution in [1.82, 2.24) is 0 Å². The van der Waals surface area contributed by atoms with Gasteiger partial charge in [0.25, 0.3) is 11.7 Å². The molecule has 1 aliphatic rings. The third-order valence-electron chi connectivity index (χ3n) is 7.42. The Balaban J connectivity index is 1.71. The molecule has 1 heterocycles. The molecule has 4 aromatic rings. The molecule has 1 N–H and O–H groups in total. The maximum Gasteiger partial charge on any atom is 0.300 e. The molecule has 0 spiro atoms. The van der Waals surface area contributed by atoms with Crippen LogP contribution in [0.3, 0.4) is 0 Å². The van der Waals surface area contributed by atoms with Crippen LogP contribution >= 0.6 is 0 Å². The lowest BCUT2D eigenvalue weighted by Crippen LogP contribution is -2.30. The van der Waals surface area contributed by atoms with Crippen molar-refractivity contribution in [2.24, 2.45) is 0 Å². The van der Waals surface area contributed by atoms with E-state index >= 15 is 0 Å². The number of aryl methyl sites for hydroxylation is 2. The number of hydrogen-bond donors (Lipinski definition) is 1. The second kappa shape index (κ2) is 10.2. The molecule has 192 valence electrons. The number of benzene rings is 4. The van der Waals surface area contributed by atoms with E-state index in [1.807, 2.05) is 92.7 Å². The van der Waals surface area contributed by atoms with Crippen LogP contribution in [-0.2, 0) is 9.59 Å². The molecule has 5 heteroatoms. The van der Waals surface area contributed by atoms with E-state index in [1.165, 1.54) is 4.90 Å². The Bertz CT molecular complexity index is 1570. The number of amides is 1. The fourth-order valence-corrected chi connectivity index (χ4v) is 5.42. The van der Waals surface area contributed by atoms with Crippen LogP contribution in [0.5, 0.6) is 0 Å². The van der Waals surface area contributed by atoms with E-state index in [0.29, 0.717) is 11.3 Å². The van der Waals surface area contributed by atoms with E-state index < -0.39 is 17.7 Å². The summed E-state index contributed by atoms with van der Waals surface area (Å²) >= 11 is 0. The van der Waals surface area contributed by atoms with Crippen LogP contribution in [0, 0.1) is 13.8 Å². The predicted molar refractivity (Wildman–Crippen MR) is 155 cm³/mol. The van der Waals surface area contributed by atoms with Gasteiger partial charge in [0, 0.05) is 30.0 Å². The lowest BCUT2D eigenvalue weighted by atomic mass is 9.94. The van der Waals surface area contributed by atoms with Gasteiger partial charge in [-0.1, -0.05) is 66.2 Å². The standard InChI is InChI=1S/C33H32N2O3/c1-5-34(6-2)27-16-14-24(15-17-27)30-29(31(36)26-13-12-23-9-7-8-10-25(23)20-26)32(37)33(38)35(30)28-18-11-21(3)19-22(28)4/h7-20,30,36H,5-6H2,1-4H3/b31-29-. The number of Topliss-reactive ketones (excluding diaryl/α,β-unsaturated/α-hetero) is 1. The molecule has 1 aliphatic heterocycles. The van der Waals surface area contributed by atoms with E-state index in [2.05, 4.69) is 18.7 Å². The van der Waals surface area contributed by atoms with Gasteiger partial charge in [-0.3, -0.25) is 14.5 Å². The topological polar surface area (TPSA) is 60.9 Å². The third kappa shape index (κ3) is 4.34. The highest BCUT2D eigenvalue weighted by molar-refractivity contribution is 6.51. The highest BCUT2D eigenvalue weighted by Gasteiger charge is 2.47. The van der Waals surface area contributed by atoms with Crippen molar-refractivity contribution in [2.45, 2.75) is 33.7 Å². The molecular weight excluding hydrogens is 472 g/mol. The number of carbonyl (C=O) groups excluding carboxylic acids is 2. The van der Waals surface area contributed by atoms with Gasteiger partial charge in [0.05, 0.1) is 11.6 Å². The Morgan fingerprint density at radius 2 is 1.53 bits per heavy atom. The SMILES string of the molecule is CCN(CC)c1ccc(C2/C(=C(/O)c3ccc4ccccc4c3)C(=O)C(=O)N2c2ccc(C)cc2C)cc1. The molecule has 5 rings (SSSR count). The van der Waals surface area contributed by atoms with E-state index in [-0.39, 0.29) is 11.3 Å². The van der Waals surface area contributed by atoms with Crippen molar-refractivity contribution < 1.29 is 14.7 Å². The van der Waals surface area contributed by atoms with Gasteiger partial charge in [0.1, 0.15) is 5.76 Å². The molecule has 0 saturated carbocycles. The molecule has 1 atom stereocenters. The first-order chi connectivity index (χ1) is 18.3. The van der Waals surface area contributed by atoms with Gasteiger partial charge in [-0.2, -0.15) is 0 Å². The fourth-order valence-electron chi connectivity index (χ4n) is 5.42. The second-order valence-corrected chi connectivity index (χ2v) is 9.78. The van der Waals surface area contributed by atoms with Crippen LogP contribution in [0.4, 0.5) is 11.4 Å². The summed E-state index contributed by atoms with van der Waals surface area (Å²) in [6.45, 7) is 9.89. The number of rotatable bonds is 6. The summed E-state index contributed by atoms with van der Waals surface area (Å²) in [5.74, 6) is -1.50. The smallest absolute Gasteiger partial charge is 0.300 e. The first-order valence-electron chi connectivity index (χ1n) is 13.1. The molecule has 1 fully saturated rings. The number of fused-ring (bicyclic) bond motifs is 1. The zero-order valence-electron chi connectivity index (χ0n) is 22.2. The van der Waals surface area contributed by atoms with Crippen LogP contribution in [0.1, 0.15) is 42.1 Å². The summed E-state index contributed by atoms with van der Waals surface area (Å²) in [4.78, 5) is 30.9. The Morgan fingerprint density at radius 3 is 2.18 bits per heavy atom. The normalized spacial score (nSPS) is 16.8. The number of hydrogen-bond acceptors (Lipinski definition) is 4. The first kappa shape index (κ1) is 25.3. The molecule has 4 aromatic carbocycles. The number of carbonyl (C=O) groups is 2. The summed E-state index contributed by atoms with van der Waals surface area (Å²) in [7, 11) is 0. The molecule has 1 unspecified atom stereocenters. The molecule has 0 radical (unpaired) electrons. The molecule has 1 saturated heterocycles.